The highest BCUT2D eigenvalue weighted by Crippen LogP contribution is 2.14. The lowest BCUT2D eigenvalue weighted by Gasteiger charge is -2.22. The van der Waals surface area contributed by atoms with Crippen LogP contribution in [0.4, 0.5) is 5.13 Å². The van der Waals surface area contributed by atoms with Gasteiger partial charge in [0.25, 0.3) is 5.91 Å². The second-order valence-electron chi connectivity index (χ2n) is 3.55. The van der Waals surface area contributed by atoms with E-state index in [9.17, 15) is 4.79 Å². The first-order chi connectivity index (χ1) is 7.79. The van der Waals surface area contributed by atoms with Gasteiger partial charge in [-0.2, -0.15) is 0 Å². The summed E-state index contributed by atoms with van der Waals surface area (Å²) >= 11 is 1.24. The summed E-state index contributed by atoms with van der Waals surface area (Å²) in [6.07, 6.45) is 1.95. The Morgan fingerprint density at radius 1 is 1.56 bits per heavy atom. The monoisotopic (exact) mass is 242 g/mol. The Hall–Kier alpha value is -1.21. The minimum Gasteiger partial charge on any atom is -0.379 e. The number of amides is 1. The normalized spacial score (nSPS) is 20.4. The zero-order valence-corrected chi connectivity index (χ0v) is 9.84. The van der Waals surface area contributed by atoms with Crippen LogP contribution in [0.25, 0.3) is 0 Å². The fraction of sp³-hybridized carbons (Fsp3) is 0.667. The van der Waals surface area contributed by atoms with Gasteiger partial charge in [0.15, 0.2) is 0 Å². The quantitative estimate of drug-likeness (QED) is 0.806. The van der Waals surface area contributed by atoms with Gasteiger partial charge in [0.2, 0.25) is 10.1 Å². The van der Waals surface area contributed by atoms with Gasteiger partial charge in [-0.25, -0.2) is 0 Å². The zero-order valence-electron chi connectivity index (χ0n) is 9.02. The second-order valence-corrected chi connectivity index (χ2v) is 4.53. The molecule has 1 aromatic heterocycles. The number of rotatable bonds is 3. The molecule has 2 rings (SSSR count). The van der Waals surface area contributed by atoms with Crippen LogP contribution < -0.4 is 10.6 Å². The van der Waals surface area contributed by atoms with Crippen molar-refractivity contribution in [1.82, 2.24) is 15.5 Å². The third-order valence-electron chi connectivity index (χ3n) is 2.33. The van der Waals surface area contributed by atoms with Crippen LogP contribution in [0.2, 0.25) is 0 Å². The molecule has 0 aromatic carbocycles. The Kier molecular flexibility index (Phi) is 3.68. The molecule has 1 aromatic rings. The fourth-order valence-electron chi connectivity index (χ4n) is 1.52. The van der Waals surface area contributed by atoms with Gasteiger partial charge >= 0.3 is 0 Å². The lowest BCUT2D eigenvalue weighted by molar-refractivity contribution is 0.0623. The predicted molar refractivity (Wildman–Crippen MR) is 60.8 cm³/mol. The van der Waals surface area contributed by atoms with E-state index in [1.54, 1.807) is 7.05 Å². The van der Waals surface area contributed by atoms with Crippen LogP contribution in [0, 0.1) is 0 Å². The number of ether oxygens (including phenoxy) is 1. The van der Waals surface area contributed by atoms with Gasteiger partial charge in [0, 0.05) is 13.7 Å². The first-order valence-corrected chi connectivity index (χ1v) is 6.01. The third-order valence-corrected chi connectivity index (χ3v) is 3.27. The molecule has 1 amide bonds. The molecule has 1 aliphatic heterocycles. The minimum absolute atomic E-state index is 0.100. The fourth-order valence-corrected chi connectivity index (χ4v) is 2.12. The van der Waals surface area contributed by atoms with Gasteiger partial charge in [-0.3, -0.25) is 4.79 Å². The molecule has 2 N–H and O–H groups in total. The highest BCUT2D eigenvalue weighted by molar-refractivity contribution is 7.17. The molecule has 0 spiro atoms. The Labute approximate surface area is 97.4 Å². The van der Waals surface area contributed by atoms with E-state index in [1.807, 2.05) is 0 Å². The van der Waals surface area contributed by atoms with Gasteiger partial charge in [-0.05, 0) is 12.8 Å². The summed E-state index contributed by atoms with van der Waals surface area (Å²) in [4.78, 5) is 11.8. The van der Waals surface area contributed by atoms with Crippen LogP contribution in [-0.4, -0.2) is 42.4 Å². The first kappa shape index (κ1) is 11.3. The summed E-state index contributed by atoms with van der Waals surface area (Å²) in [5.41, 5.74) is 0. The predicted octanol–water partition coefficient (Wildman–Crippen LogP) is 0.489. The van der Waals surface area contributed by atoms with E-state index in [-0.39, 0.29) is 11.9 Å². The summed E-state index contributed by atoms with van der Waals surface area (Å²) in [6, 6.07) is 0.100. The maximum absolute atomic E-state index is 11.8. The molecule has 1 aliphatic rings. The van der Waals surface area contributed by atoms with Crippen LogP contribution in [-0.2, 0) is 4.74 Å². The SMILES string of the molecule is CNc1nnc(C(=O)NC2CCCOC2)s1. The molecule has 1 unspecified atom stereocenters. The second kappa shape index (κ2) is 5.22. The number of hydrogen-bond donors (Lipinski definition) is 2. The van der Waals surface area contributed by atoms with Crippen LogP contribution >= 0.6 is 11.3 Å². The Morgan fingerprint density at radius 3 is 3.06 bits per heavy atom. The van der Waals surface area contributed by atoms with Crippen molar-refractivity contribution >= 4 is 22.4 Å². The summed E-state index contributed by atoms with van der Waals surface area (Å²) in [7, 11) is 1.75. The van der Waals surface area contributed by atoms with Crippen molar-refractivity contribution in [3.63, 3.8) is 0 Å². The molecule has 0 bridgehead atoms. The zero-order chi connectivity index (χ0) is 11.4. The molecule has 0 radical (unpaired) electrons. The van der Waals surface area contributed by atoms with E-state index in [4.69, 9.17) is 4.74 Å². The molecule has 6 nitrogen and oxygen atoms in total. The van der Waals surface area contributed by atoms with Gasteiger partial charge in [-0.1, -0.05) is 11.3 Å². The van der Waals surface area contributed by atoms with Crippen molar-refractivity contribution < 1.29 is 9.53 Å². The van der Waals surface area contributed by atoms with E-state index in [0.717, 1.165) is 19.4 Å². The Morgan fingerprint density at radius 2 is 2.44 bits per heavy atom. The number of nitrogens with one attached hydrogen (secondary N) is 2. The maximum atomic E-state index is 11.8. The summed E-state index contributed by atoms with van der Waals surface area (Å²) in [6.45, 7) is 1.37. The molecule has 7 heteroatoms. The molecular weight excluding hydrogens is 228 g/mol. The summed E-state index contributed by atoms with van der Waals surface area (Å²) in [5, 5.41) is 14.4. The number of carbonyl (C=O) groups excluding carboxylic acids is 1. The molecule has 2 heterocycles. The number of carbonyl (C=O) groups is 1. The van der Waals surface area contributed by atoms with Crippen LogP contribution in [0.15, 0.2) is 0 Å². The van der Waals surface area contributed by atoms with Crippen molar-refractivity contribution in [2.75, 3.05) is 25.6 Å². The summed E-state index contributed by atoms with van der Waals surface area (Å²) in [5.74, 6) is -0.172. The lowest BCUT2D eigenvalue weighted by Crippen LogP contribution is -2.40. The van der Waals surface area contributed by atoms with E-state index in [1.165, 1.54) is 11.3 Å². The van der Waals surface area contributed by atoms with E-state index >= 15 is 0 Å². The highest BCUT2D eigenvalue weighted by Gasteiger charge is 2.19. The number of aromatic nitrogens is 2. The molecule has 88 valence electrons. The Bertz CT molecular complexity index is 362. The molecule has 16 heavy (non-hydrogen) atoms. The summed E-state index contributed by atoms with van der Waals surface area (Å²) < 4.78 is 5.29. The number of hydrogen-bond acceptors (Lipinski definition) is 6. The van der Waals surface area contributed by atoms with E-state index in [0.29, 0.717) is 16.7 Å². The average Bonchev–Trinajstić information content (AvgIpc) is 2.79. The third kappa shape index (κ3) is 2.67. The van der Waals surface area contributed by atoms with Crippen molar-refractivity contribution in [3.8, 4) is 0 Å². The molecule has 0 aliphatic carbocycles. The van der Waals surface area contributed by atoms with Crippen molar-refractivity contribution in [3.05, 3.63) is 5.01 Å². The molecule has 1 saturated heterocycles. The van der Waals surface area contributed by atoms with Crippen LogP contribution in [0.5, 0.6) is 0 Å². The maximum Gasteiger partial charge on any atom is 0.282 e. The van der Waals surface area contributed by atoms with Crippen LogP contribution in [0.1, 0.15) is 22.6 Å². The number of nitrogens with zero attached hydrogens (tertiary/aromatic N) is 2. The standard InChI is InChI=1S/C9H14N4O2S/c1-10-9-13-12-8(16-9)7(14)11-6-3-2-4-15-5-6/h6H,2-5H2,1H3,(H,10,13)(H,11,14). The van der Waals surface area contributed by atoms with Gasteiger partial charge in [0.05, 0.1) is 12.6 Å². The van der Waals surface area contributed by atoms with Crippen molar-refractivity contribution in [1.29, 1.82) is 0 Å². The lowest BCUT2D eigenvalue weighted by atomic mass is 10.1. The van der Waals surface area contributed by atoms with Gasteiger partial charge < -0.3 is 15.4 Å². The van der Waals surface area contributed by atoms with Gasteiger partial charge in [-0.15, -0.1) is 10.2 Å². The first-order valence-electron chi connectivity index (χ1n) is 5.19. The molecular formula is C9H14N4O2S. The smallest absolute Gasteiger partial charge is 0.282 e. The van der Waals surface area contributed by atoms with Crippen molar-refractivity contribution in [2.45, 2.75) is 18.9 Å². The Balaban J connectivity index is 1.91. The van der Waals surface area contributed by atoms with E-state index < -0.39 is 0 Å². The minimum atomic E-state index is -0.172. The molecule has 0 saturated carbocycles. The number of anilines is 1. The highest BCUT2D eigenvalue weighted by atomic mass is 32.1. The van der Waals surface area contributed by atoms with Crippen molar-refractivity contribution in [2.24, 2.45) is 0 Å². The van der Waals surface area contributed by atoms with Crippen LogP contribution in [0.3, 0.4) is 0 Å². The molecule has 1 fully saturated rings. The average molecular weight is 242 g/mol. The molecule has 1 atom stereocenters. The van der Waals surface area contributed by atoms with E-state index in [2.05, 4.69) is 20.8 Å². The largest absolute Gasteiger partial charge is 0.379 e. The van der Waals surface area contributed by atoms with Gasteiger partial charge in [0.1, 0.15) is 0 Å². The topological polar surface area (TPSA) is 76.1 Å².